The molecule has 3 aromatic carbocycles. The van der Waals surface area contributed by atoms with Crippen LogP contribution in [0.15, 0.2) is 78.5 Å². The minimum absolute atomic E-state index is 0.0358. The van der Waals surface area contributed by atoms with Crippen LogP contribution in [0.1, 0.15) is 29.7 Å². The van der Waals surface area contributed by atoms with Gasteiger partial charge in [-0.1, -0.05) is 12.1 Å². The predicted octanol–water partition coefficient (Wildman–Crippen LogP) is 5.38. The van der Waals surface area contributed by atoms with Gasteiger partial charge in [0.15, 0.2) is 0 Å². The fourth-order valence-corrected chi connectivity index (χ4v) is 4.87. The fourth-order valence-electron chi connectivity index (χ4n) is 4.87. The summed E-state index contributed by atoms with van der Waals surface area (Å²) < 4.78 is 24.4. The van der Waals surface area contributed by atoms with Gasteiger partial charge in [-0.25, -0.2) is 4.39 Å². The second-order valence-corrected chi connectivity index (χ2v) is 8.98. The summed E-state index contributed by atoms with van der Waals surface area (Å²) in [7, 11) is 1.60. The van der Waals surface area contributed by atoms with Crippen molar-refractivity contribution < 1.29 is 28.6 Å². The lowest BCUT2D eigenvalue weighted by Crippen LogP contribution is -2.31. The highest BCUT2D eigenvalue weighted by Crippen LogP contribution is 2.40. The maximum Gasteiger partial charge on any atom is 0.295 e. The molecule has 38 heavy (non-hydrogen) atoms. The SMILES string of the molecule is CCOc1ccc([C@H]2C(=C(O)c3ccc(F)cc3)C(=O)C(=O)N2CCc2c[nH]c3ccc(OC)cc23)cc1. The number of ketones is 1. The summed E-state index contributed by atoms with van der Waals surface area (Å²) in [5.74, 6) is -0.940. The third kappa shape index (κ3) is 4.61. The molecular weight excluding hydrogens is 487 g/mol. The largest absolute Gasteiger partial charge is 0.507 e. The summed E-state index contributed by atoms with van der Waals surface area (Å²) in [5, 5.41) is 12.1. The molecule has 1 saturated heterocycles. The van der Waals surface area contributed by atoms with Crippen molar-refractivity contribution in [3.63, 3.8) is 0 Å². The Labute approximate surface area is 219 Å². The van der Waals surface area contributed by atoms with Crippen molar-refractivity contribution in [3.05, 3.63) is 101 Å². The number of aliphatic hydroxyl groups is 1. The van der Waals surface area contributed by atoms with Gasteiger partial charge >= 0.3 is 0 Å². The van der Waals surface area contributed by atoms with Crippen LogP contribution in [-0.2, 0) is 16.0 Å². The molecular formula is C30H27FN2O5. The number of methoxy groups -OCH3 is 1. The van der Waals surface area contributed by atoms with E-state index in [4.69, 9.17) is 9.47 Å². The fraction of sp³-hybridized carbons (Fsp3) is 0.200. The lowest BCUT2D eigenvalue weighted by atomic mass is 9.95. The number of H-pyrrole nitrogens is 1. The molecule has 2 N–H and O–H groups in total. The van der Waals surface area contributed by atoms with Crippen molar-refractivity contribution in [1.82, 2.24) is 9.88 Å². The van der Waals surface area contributed by atoms with Crippen molar-refractivity contribution >= 4 is 28.4 Å². The van der Waals surface area contributed by atoms with Gasteiger partial charge in [-0.3, -0.25) is 9.59 Å². The quantitative estimate of drug-likeness (QED) is 0.187. The molecule has 1 atom stereocenters. The monoisotopic (exact) mass is 514 g/mol. The Kier molecular flexibility index (Phi) is 6.87. The van der Waals surface area contributed by atoms with Crippen LogP contribution in [-0.4, -0.2) is 46.9 Å². The van der Waals surface area contributed by atoms with Gasteiger partial charge in [-0.2, -0.15) is 0 Å². The average Bonchev–Trinajstić information content (AvgIpc) is 3.45. The number of aromatic nitrogens is 1. The van der Waals surface area contributed by atoms with Crippen LogP contribution in [0.4, 0.5) is 4.39 Å². The molecule has 5 rings (SSSR count). The Morgan fingerprint density at radius 3 is 2.42 bits per heavy atom. The number of benzene rings is 3. The van der Waals surface area contributed by atoms with E-state index < -0.39 is 23.5 Å². The number of carbonyl (C=O) groups is 2. The number of fused-ring (bicyclic) bond motifs is 1. The van der Waals surface area contributed by atoms with Crippen LogP contribution in [0.5, 0.6) is 11.5 Å². The lowest BCUT2D eigenvalue weighted by Gasteiger charge is -2.25. The van der Waals surface area contributed by atoms with E-state index in [0.717, 1.165) is 16.5 Å². The number of nitrogens with one attached hydrogen (secondary N) is 1. The minimum atomic E-state index is -0.824. The Morgan fingerprint density at radius 2 is 1.74 bits per heavy atom. The number of halogens is 1. The second kappa shape index (κ2) is 10.4. The number of hydrogen-bond acceptors (Lipinski definition) is 5. The summed E-state index contributed by atoms with van der Waals surface area (Å²) in [6.07, 6.45) is 2.34. The zero-order valence-corrected chi connectivity index (χ0v) is 21.0. The molecule has 1 aliphatic heterocycles. The number of aliphatic hydroxyl groups excluding tert-OH is 1. The first-order chi connectivity index (χ1) is 18.4. The smallest absolute Gasteiger partial charge is 0.295 e. The Morgan fingerprint density at radius 1 is 1.03 bits per heavy atom. The zero-order chi connectivity index (χ0) is 26.8. The third-order valence-electron chi connectivity index (χ3n) is 6.76. The number of Topliss-reactive ketones (excluding diaryl/α,β-unsaturated/α-hetero) is 1. The molecule has 0 aliphatic carbocycles. The number of carbonyl (C=O) groups excluding carboxylic acids is 2. The average molecular weight is 515 g/mol. The Balaban J connectivity index is 1.54. The van der Waals surface area contributed by atoms with Crippen LogP contribution >= 0.6 is 0 Å². The molecule has 4 aromatic rings. The van der Waals surface area contributed by atoms with E-state index in [0.29, 0.717) is 30.1 Å². The maximum absolute atomic E-state index is 13.5. The summed E-state index contributed by atoms with van der Waals surface area (Å²) in [6.45, 7) is 2.61. The standard InChI is InChI=1S/C30H27FN2O5/c1-3-38-22-10-6-18(7-11-22)27-26(28(34)19-4-8-21(31)9-5-19)29(35)30(36)33(27)15-14-20-17-32-25-13-12-23(37-2)16-24(20)25/h4-13,16-17,27,32,34H,3,14-15H2,1-2H3/t27-/m0/s1. The third-order valence-corrected chi connectivity index (χ3v) is 6.76. The molecule has 194 valence electrons. The number of amides is 1. The van der Waals surface area contributed by atoms with E-state index in [1.807, 2.05) is 31.3 Å². The number of aromatic amines is 1. The molecule has 0 radical (unpaired) electrons. The number of rotatable bonds is 8. The topological polar surface area (TPSA) is 91.9 Å². The van der Waals surface area contributed by atoms with E-state index in [1.54, 1.807) is 31.4 Å². The highest BCUT2D eigenvalue weighted by Gasteiger charge is 2.45. The van der Waals surface area contributed by atoms with E-state index in [2.05, 4.69) is 4.98 Å². The van der Waals surface area contributed by atoms with Crippen LogP contribution in [0.2, 0.25) is 0 Å². The molecule has 1 amide bonds. The highest BCUT2D eigenvalue weighted by atomic mass is 19.1. The molecule has 0 saturated carbocycles. The minimum Gasteiger partial charge on any atom is -0.507 e. The number of hydrogen-bond donors (Lipinski definition) is 2. The van der Waals surface area contributed by atoms with E-state index in [9.17, 15) is 19.1 Å². The molecule has 7 nitrogen and oxygen atoms in total. The number of ether oxygens (including phenoxy) is 2. The molecule has 2 heterocycles. The zero-order valence-electron chi connectivity index (χ0n) is 21.0. The van der Waals surface area contributed by atoms with Crippen LogP contribution in [0, 0.1) is 5.82 Å². The van der Waals surface area contributed by atoms with Gasteiger partial charge in [0.1, 0.15) is 23.1 Å². The van der Waals surface area contributed by atoms with Crippen LogP contribution < -0.4 is 9.47 Å². The van der Waals surface area contributed by atoms with Crippen molar-refractivity contribution in [3.8, 4) is 11.5 Å². The van der Waals surface area contributed by atoms with Gasteiger partial charge in [0.05, 0.1) is 25.3 Å². The van der Waals surface area contributed by atoms with Gasteiger partial charge in [0.25, 0.3) is 11.7 Å². The predicted molar refractivity (Wildman–Crippen MR) is 142 cm³/mol. The van der Waals surface area contributed by atoms with Gasteiger partial charge < -0.3 is 24.5 Å². The Bertz CT molecular complexity index is 1520. The van der Waals surface area contributed by atoms with Crippen molar-refractivity contribution in [2.24, 2.45) is 0 Å². The molecule has 1 aromatic heterocycles. The molecule has 1 aliphatic rings. The normalized spacial score (nSPS) is 16.8. The van der Waals surface area contributed by atoms with Gasteiger partial charge in [0.2, 0.25) is 0 Å². The number of likely N-dealkylation sites (tertiary alicyclic amines) is 1. The van der Waals surface area contributed by atoms with E-state index in [-0.39, 0.29) is 23.4 Å². The van der Waals surface area contributed by atoms with Crippen molar-refractivity contribution in [1.29, 1.82) is 0 Å². The van der Waals surface area contributed by atoms with Crippen molar-refractivity contribution in [2.45, 2.75) is 19.4 Å². The molecule has 1 fully saturated rings. The second-order valence-electron chi connectivity index (χ2n) is 8.98. The van der Waals surface area contributed by atoms with Gasteiger partial charge in [-0.05, 0) is 79.1 Å². The first-order valence-corrected chi connectivity index (χ1v) is 12.3. The van der Waals surface area contributed by atoms with Crippen molar-refractivity contribution in [2.75, 3.05) is 20.3 Å². The number of nitrogens with zero attached hydrogens (tertiary/aromatic N) is 1. The first kappa shape index (κ1) is 25.1. The van der Waals surface area contributed by atoms with Crippen LogP contribution in [0.3, 0.4) is 0 Å². The van der Waals surface area contributed by atoms with Crippen LogP contribution in [0.25, 0.3) is 16.7 Å². The summed E-state index contributed by atoms with van der Waals surface area (Å²) in [5.41, 5.74) is 2.76. The first-order valence-electron chi connectivity index (χ1n) is 12.3. The van der Waals surface area contributed by atoms with Gasteiger partial charge in [0, 0.05) is 29.2 Å². The molecule has 0 spiro atoms. The Hall–Kier alpha value is -4.59. The summed E-state index contributed by atoms with van der Waals surface area (Å²) in [6, 6.07) is 17.1. The van der Waals surface area contributed by atoms with Gasteiger partial charge in [-0.15, -0.1) is 0 Å². The maximum atomic E-state index is 13.5. The van der Waals surface area contributed by atoms with E-state index in [1.165, 1.54) is 29.2 Å². The molecule has 0 bridgehead atoms. The highest BCUT2D eigenvalue weighted by molar-refractivity contribution is 6.46. The summed E-state index contributed by atoms with van der Waals surface area (Å²) >= 11 is 0. The summed E-state index contributed by atoms with van der Waals surface area (Å²) in [4.78, 5) is 31.3. The van der Waals surface area contributed by atoms with E-state index >= 15 is 0 Å². The molecule has 8 heteroatoms. The lowest BCUT2D eigenvalue weighted by molar-refractivity contribution is -0.139. The molecule has 0 unspecified atom stereocenters.